The molecule has 0 heterocycles. The Bertz CT molecular complexity index is 592. The van der Waals surface area contributed by atoms with Crippen molar-refractivity contribution >= 4 is 23.2 Å². The lowest BCUT2D eigenvalue weighted by molar-refractivity contribution is 0.0744. The summed E-state index contributed by atoms with van der Waals surface area (Å²) in [7, 11) is 1.92. The van der Waals surface area contributed by atoms with E-state index in [-0.39, 0.29) is 6.61 Å². The van der Waals surface area contributed by atoms with Gasteiger partial charge >= 0.3 is 0 Å². The molecule has 0 aliphatic carbocycles. The Hall–Kier alpha value is -1.26. The normalized spacial score (nSPS) is 12.4. The summed E-state index contributed by atoms with van der Waals surface area (Å²) in [6, 6.07) is 15.0. The Morgan fingerprint density at radius 1 is 1.09 bits per heavy atom. The first-order valence-corrected chi connectivity index (χ1v) is 7.79. The summed E-state index contributed by atoms with van der Waals surface area (Å²) in [5, 5.41) is 11.2. The highest BCUT2D eigenvalue weighted by Crippen LogP contribution is 2.26. The number of ether oxygens (including phenoxy) is 1. The summed E-state index contributed by atoms with van der Waals surface area (Å²) in [6.45, 7) is 1.34. The zero-order chi connectivity index (χ0) is 15.9. The molecule has 1 N–H and O–H groups in total. The molecule has 2 aromatic carbocycles. The number of hydrogen-bond acceptors (Lipinski definition) is 3. The molecular weight excluding hydrogens is 321 g/mol. The lowest BCUT2D eigenvalue weighted by Crippen LogP contribution is -2.32. The molecule has 0 aliphatic heterocycles. The number of aliphatic hydroxyl groups excluding tert-OH is 1. The zero-order valence-corrected chi connectivity index (χ0v) is 13.9. The van der Waals surface area contributed by atoms with Gasteiger partial charge in [0.2, 0.25) is 0 Å². The average molecular weight is 340 g/mol. The lowest BCUT2D eigenvalue weighted by Gasteiger charge is -2.21. The van der Waals surface area contributed by atoms with E-state index in [1.54, 1.807) is 6.07 Å². The summed E-state index contributed by atoms with van der Waals surface area (Å²) in [4.78, 5) is 1.98. The molecule has 0 radical (unpaired) electrons. The third-order valence-corrected chi connectivity index (χ3v) is 4.04. The highest BCUT2D eigenvalue weighted by Gasteiger charge is 2.12. The van der Waals surface area contributed by atoms with Gasteiger partial charge in [0, 0.05) is 13.1 Å². The Kier molecular flexibility index (Phi) is 6.52. The molecule has 0 aliphatic rings. The van der Waals surface area contributed by atoms with Gasteiger partial charge in [-0.1, -0.05) is 53.5 Å². The second-order valence-electron chi connectivity index (χ2n) is 5.19. The molecule has 2 rings (SSSR count). The predicted molar refractivity (Wildman–Crippen MR) is 90.7 cm³/mol. The zero-order valence-electron chi connectivity index (χ0n) is 12.4. The molecular formula is C17H19Cl2NO2. The van der Waals surface area contributed by atoms with Crippen LogP contribution in [0.3, 0.4) is 0 Å². The Morgan fingerprint density at radius 3 is 2.55 bits per heavy atom. The van der Waals surface area contributed by atoms with E-state index in [1.807, 2.05) is 54.4 Å². The second-order valence-corrected chi connectivity index (χ2v) is 5.97. The number of halogens is 2. The van der Waals surface area contributed by atoms with Gasteiger partial charge in [-0.05, 0) is 30.8 Å². The fraction of sp³-hybridized carbons (Fsp3) is 0.294. The van der Waals surface area contributed by atoms with Crippen LogP contribution in [0, 0.1) is 0 Å². The monoisotopic (exact) mass is 339 g/mol. The van der Waals surface area contributed by atoms with Crippen LogP contribution in [0.25, 0.3) is 0 Å². The van der Waals surface area contributed by atoms with E-state index in [2.05, 4.69) is 0 Å². The van der Waals surface area contributed by atoms with Gasteiger partial charge in [0.15, 0.2) is 0 Å². The topological polar surface area (TPSA) is 32.7 Å². The fourth-order valence-electron chi connectivity index (χ4n) is 2.15. The Labute approximate surface area is 141 Å². The van der Waals surface area contributed by atoms with Crippen LogP contribution in [0.15, 0.2) is 48.5 Å². The smallest absolute Gasteiger partial charge is 0.119 e. The number of para-hydroxylation sites is 1. The predicted octanol–water partition coefficient (Wildman–Crippen LogP) is 3.87. The number of nitrogens with zero attached hydrogens (tertiary/aromatic N) is 1. The number of hydrogen-bond donors (Lipinski definition) is 1. The minimum atomic E-state index is -0.580. The maximum Gasteiger partial charge on any atom is 0.119 e. The van der Waals surface area contributed by atoms with Gasteiger partial charge in [0.05, 0.1) is 10.0 Å². The van der Waals surface area contributed by atoms with Crippen LogP contribution in [0.5, 0.6) is 5.75 Å². The molecule has 0 spiro atoms. The van der Waals surface area contributed by atoms with E-state index >= 15 is 0 Å². The molecule has 0 amide bonds. The first-order chi connectivity index (χ1) is 10.6. The summed E-state index contributed by atoms with van der Waals surface area (Å²) in [5.41, 5.74) is 0.938. The second kappa shape index (κ2) is 8.39. The van der Waals surface area contributed by atoms with Crippen LogP contribution in [0.1, 0.15) is 5.56 Å². The molecule has 22 heavy (non-hydrogen) atoms. The number of aliphatic hydroxyl groups is 1. The number of likely N-dealkylation sites (N-methyl/N-ethyl adjacent to an activating group) is 1. The molecule has 1 atom stereocenters. The van der Waals surface area contributed by atoms with Gasteiger partial charge in [-0.3, -0.25) is 4.90 Å². The molecule has 3 nitrogen and oxygen atoms in total. The van der Waals surface area contributed by atoms with E-state index in [0.29, 0.717) is 23.1 Å². The maximum absolute atomic E-state index is 10.1. The van der Waals surface area contributed by atoms with Crippen LogP contribution in [0.4, 0.5) is 0 Å². The Morgan fingerprint density at radius 2 is 1.82 bits per heavy atom. The SMILES string of the molecule is CN(Cc1cccc(Cl)c1Cl)C[C@H](O)COc1ccccc1. The van der Waals surface area contributed by atoms with E-state index in [0.717, 1.165) is 11.3 Å². The molecule has 0 saturated carbocycles. The summed E-state index contributed by atoms with van der Waals surface area (Å²) in [6.07, 6.45) is -0.580. The van der Waals surface area contributed by atoms with Crippen molar-refractivity contribution in [3.05, 3.63) is 64.1 Å². The molecule has 0 saturated heterocycles. The van der Waals surface area contributed by atoms with Crippen molar-refractivity contribution in [2.75, 3.05) is 20.2 Å². The molecule has 0 fully saturated rings. The number of rotatable bonds is 7. The molecule has 118 valence electrons. The highest BCUT2D eigenvalue weighted by molar-refractivity contribution is 6.42. The summed E-state index contributed by atoms with van der Waals surface area (Å²) in [5.74, 6) is 0.752. The molecule has 5 heteroatoms. The van der Waals surface area contributed by atoms with Crippen molar-refractivity contribution in [1.82, 2.24) is 4.90 Å². The van der Waals surface area contributed by atoms with Gasteiger partial charge in [-0.2, -0.15) is 0 Å². The lowest BCUT2D eigenvalue weighted by atomic mass is 10.2. The van der Waals surface area contributed by atoms with Gasteiger partial charge in [-0.15, -0.1) is 0 Å². The maximum atomic E-state index is 10.1. The average Bonchev–Trinajstić information content (AvgIpc) is 2.51. The first kappa shape index (κ1) is 17.1. The third kappa shape index (κ3) is 5.18. The summed E-state index contributed by atoms with van der Waals surface area (Å²) >= 11 is 12.2. The molecule has 0 aromatic heterocycles. The van der Waals surface area contributed by atoms with Crippen LogP contribution in [0.2, 0.25) is 10.0 Å². The summed E-state index contributed by atoms with van der Waals surface area (Å²) < 4.78 is 5.54. The number of benzene rings is 2. The van der Waals surface area contributed by atoms with Crippen LogP contribution in [-0.4, -0.2) is 36.3 Å². The quantitative estimate of drug-likeness (QED) is 0.831. The van der Waals surface area contributed by atoms with E-state index in [9.17, 15) is 5.11 Å². The standard InChI is InChI=1S/C17H19Cl2NO2/c1-20(10-13-6-5-9-16(18)17(13)19)11-14(21)12-22-15-7-3-2-4-8-15/h2-9,14,21H,10-12H2,1H3/t14-/m0/s1. The van der Waals surface area contributed by atoms with Crippen molar-refractivity contribution < 1.29 is 9.84 Å². The van der Waals surface area contributed by atoms with Crippen LogP contribution < -0.4 is 4.74 Å². The molecule has 0 unspecified atom stereocenters. The minimum Gasteiger partial charge on any atom is -0.491 e. The van der Waals surface area contributed by atoms with E-state index < -0.39 is 6.10 Å². The van der Waals surface area contributed by atoms with Crippen LogP contribution >= 0.6 is 23.2 Å². The minimum absolute atomic E-state index is 0.248. The van der Waals surface area contributed by atoms with Gasteiger partial charge in [0.25, 0.3) is 0 Å². The van der Waals surface area contributed by atoms with Crippen molar-refractivity contribution in [3.63, 3.8) is 0 Å². The largest absolute Gasteiger partial charge is 0.491 e. The third-order valence-electron chi connectivity index (χ3n) is 3.18. The van der Waals surface area contributed by atoms with Crippen molar-refractivity contribution in [2.24, 2.45) is 0 Å². The van der Waals surface area contributed by atoms with Crippen molar-refractivity contribution in [2.45, 2.75) is 12.6 Å². The van der Waals surface area contributed by atoms with Crippen LogP contribution in [-0.2, 0) is 6.54 Å². The van der Waals surface area contributed by atoms with Crippen molar-refractivity contribution in [1.29, 1.82) is 0 Å². The van der Waals surface area contributed by atoms with Gasteiger partial charge < -0.3 is 9.84 Å². The van der Waals surface area contributed by atoms with Crippen molar-refractivity contribution in [3.8, 4) is 5.75 Å². The van der Waals surface area contributed by atoms with Gasteiger partial charge in [0.1, 0.15) is 18.5 Å². The van der Waals surface area contributed by atoms with E-state index in [1.165, 1.54) is 0 Å². The van der Waals surface area contributed by atoms with E-state index in [4.69, 9.17) is 27.9 Å². The fourth-order valence-corrected chi connectivity index (χ4v) is 2.53. The molecule has 2 aromatic rings. The first-order valence-electron chi connectivity index (χ1n) is 7.03. The molecule has 0 bridgehead atoms. The Balaban J connectivity index is 1.81. The van der Waals surface area contributed by atoms with Gasteiger partial charge in [-0.25, -0.2) is 0 Å². The highest BCUT2D eigenvalue weighted by atomic mass is 35.5.